The van der Waals surface area contributed by atoms with Gasteiger partial charge in [0.05, 0.1) is 5.57 Å². The van der Waals surface area contributed by atoms with E-state index in [0.29, 0.717) is 29.0 Å². The van der Waals surface area contributed by atoms with Crippen LogP contribution in [0.5, 0.6) is 0 Å². The summed E-state index contributed by atoms with van der Waals surface area (Å²) >= 11 is 1.40. The van der Waals surface area contributed by atoms with Gasteiger partial charge in [0, 0.05) is 24.3 Å². The Morgan fingerprint density at radius 2 is 1.81 bits per heavy atom. The zero-order valence-electron chi connectivity index (χ0n) is 18.1. The summed E-state index contributed by atoms with van der Waals surface area (Å²) in [6.45, 7) is 7.99. The molecule has 4 rings (SSSR count). The van der Waals surface area contributed by atoms with Gasteiger partial charge in [-0.15, -0.1) is 10.2 Å². The molecule has 31 heavy (non-hydrogen) atoms. The number of halogens is 1. The Bertz CT molecular complexity index is 1170. The van der Waals surface area contributed by atoms with Gasteiger partial charge >= 0.3 is 0 Å². The third-order valence-electron chi connectivity index (χ3n) is 6.01. The van der Waals surface area contributed by atoms with Gasteiger partial charge in [0.25, 0.3) is 0 Å². The monoisotopic (exact) mass is 436 g/mol. The molecule has 1 aliphatic carbocycles. The Labute approximate surface area is 185 Å². The van der Waals surface area contributed by atoms with E-state index in [4.69, 9.17) is 0 Å². The topological polar surface area (TPSA) is 63.1 Å². The zero-order valence-corrected chi connectivity index (χ0v) is 18.9. The normalized spacial score (nSPS) is 17.8. The fraction of sp³-hybridized carbons (Fsp3) is 0.320. The van der Waals surface area contributed by atoms with Crippen molar-refractivity contribution < 1.29 is 14.3 Å². The number of Topliss-reactive ketones (excluding diaryl/α,β-unsaturated/α-hetero) is 1. The molecule has 2 unspecified atom stereocenters. The predicted octanol–water partition coefficient (Wildman–Crippen LogP) is 6.32. The SMILES string of the molecule is Cc1cc(C)c(C2=C(O)CC(C(C)c3nnc(-c4cccc(F)c4)s3)CC2=O)c(C)c1. The smallest absolute Gasteiger partial charge is 0.167 e. The summed E-state index contributed by atoms with van der Waals surface area (Å²) < 4.78 is 13.5. The minimum Gasteiger partial charge on any atom is -0.512 e. The molecule has 1 heterocycles. The van der Waals surface area contributed by atoms with Crippen molar-refractivity contribution in [3.8, 4) is 10.6 Å². The zero-order chi connectivity index (χ0) is 22.3. The third kappa shape index (κ3) is 4.17. The fourth-order valence-corrected chi connectivity index (χ4v) is 5.48. The number of ketones is 1. The Hall–Kier alpha value is -2.86. The molecule has 0 saturated heterocycles. The number of aliphatic hydroxyl groups excluding tert-OH is 1. The summed E-state index contributed by atoms with van der Waals surface area (Å²) in [5, 5.41) is 20.8. The number of aromatic nitrogens is 2. The molecule has 2 atom stereocenters. The maximum Gasteiger partial charge on any atom is 0.167 e. The lowest BCUT2D eigenvalue weighted by Crippen LogP contribution is -2.23. The number of carbonyl (C=O) groups excluding carboxylic acids is 1. The molecule has 0 saturated carbocycles. The molecule has 0 bridgehead atoms. The molecular formula is C25H25FN2O2S. The standard InChI is InChI=1S/C25H25FN2O2S/c1-13-8-14(2)22(15(3)9-13)23-20(29)11-18(12-21(23)30)16(4)24-27-28-25(31-24)17-6-5-7-19(26)10-17/h5-10,16,18,29H,11-12H2,1-4H3. The predicted molar refractivity (Wildman–Crippen MR) is 122 cm³/mol. The van der Waals surface area contributed by atoms with Gasteiger partial charge in [-0.1, -0.05) is 48.1 Å². The van der Waals surface area contributed by atoms with E-state index < -0.39 is 0 Å². The van der Waals surface area contributed by atoms with Crippen LogP contribution in [0.15, 0.2) is 42.2 Å². The van der Waals surface area contributed by atoms with Crippen molar-refractivity contribution >= 4 is 22.7 Å². The van der Waals surface area contributed by atoms with Crippen LogP contribution in [0.2, 0.25) is 0 Å². The molecule has 0 spiro atoms. The maximum atomic E-state index is 13.5. The van der Waals surface area contributed by atoms with Gasteiger partial charge in [-0.05, 0) is 55.5 Å². The Morgan fingerprint density at radius 1 is 1.10 bits per heavy atom. The second-order valence-electron chi connectivity index (χ2n) is 8.43. The molecule has 2 aromatic carbocycles. The van der Waals surface area contributed by atoms with E-state index in [0.717, 1.165) is 27.3 Å². The number of allylic oxidation sites excluding steroid dienone is 2. The van der Waals surface area contributed by atoms with Crippen LogP contribution >= 0.6 is 11.3 Å². The number of aliphatic hydroxyl groups is 1. The van der Waals surface area contributed by atoms with Gasteiger partial charge in [0.2, 0.25) is 0 Å². The summed E-state index contributed by atoms with van der Waals surface area (Å²) in [5.74, 6) is -0.309. The summed E-state index contributed by atoms with van der Waals surface area (Å²) in [6.07, 6.45) is 0.770. The molecule has 6 heteroatoms. The van der Waals surface area contributed by atoms with Gasteiger partial charge in [0.15, 0.2) is 5.78 Å². The van der Waals surface area contributed by atoms with Crippen molar-refractivity contribution in [1.82, 2.24) is 10.2 Å². The van der Waals surface area contributed by atoms with E-state index >= 15 is 0 Å². The van der Waals surface area contributed by atoms with Crippen molar-refractivity contribution in [3.05, 3.63) is 75.2 Å². The minimum atomic E-state index is -0.315. The first-order valence-electron chi connectivity index (χ1n) is 10.4. The highest BCUT2D eigenvalue weighted by atomic mass is 32.1. The number of nitrogens with zero attached hydrogens (tertiary/aromatic N) is 2. The van der Waals surface area contributed by atoms with Crippen LogP contribution in [0.3, 0.4) is 0 Å². The average Bonchev–Trinajstić information content (AvgIpc) is 3.19. The number of hydrogen-bond acceptors (Lipinski definition) is 5. The summed E-state index contributed by atoms with van der Waals surface area (Å²) in [7, 11) is 0. The van der Waals surface area contributed by atoms with Crippen LogP contribution in [0, 0.1) is 32.5 Å². The van der Waals surface area contributed by atoms with Crippen LogP contribution in [0.1, 0.15) is 52.9 Å². The molecule has 1 aliphatic rings. The number of rotatable bonds is 4. The summed E-state index contributed by atoms with van der Waals surface area (Å²) in [6, 6.07) is 10.4. The van der Waals surface area contributed by atoms with Gasteiger partial charge in [-0.2, -0.15) is 0 Å². The molecular weight excluding hydrogens is 411 g/mol. The molecule has 3 aromatic rings. The highest BCUT2D eigenvalue weighted by Gasteiger charge is 2.34. The fourth-order valence-electron chi connectivity index (χ4n) is 4.49. The third-order valence-corrected chi connectivity index (χ3v) is 7.18. The van der Waals surface area contributed by atoms with Gasteiger partial charge < -0.3 is 5.11 Å². The lowest BCUT2D eigenvalue weighted by atomic mass is 9.77. The molecule has 0 fully saturated rings. The molecule has 4 nitrogen and oxygen atoms in total. The van der Waals surface area contributed by atoms with Crippen molar-refractivity contribution in [2.45, 2.75) is 46.5 Å². The molecule has 1 N–H and O–H groups in total. The second kappa shape index (κ2) is 8.35. The van der Waals surface area contributed by atoms with Crippen LogP contribution in [0.25, 0.3) is 16.1 Å². The second-order valence-corrected chi connectivity index (χ2v) is 9.44. The summed E-state index contributed by atoms with van der Waals surface area (Å²) in [5.41, 5.74) is 5.13. The number of carbonyl (C=O) groups is 1. The highest BCUT2D eigenvalue weighted by Crippen LogP contribution is 2.42. The molecule has 1 aromatic heterocycles. The lowest BCUT2D eigenvalue weighted by molar-refractivity contribution is -0.115. The van der Waals surface area contributed by atoms with E-state index in [1.54, 1.807) is 12.1 Å². The molecule has 0 radical (unpaired) electrons. The van der Waals surface area contributed by atoms with Crippen molar-refractivity contribution in [2.75, 3.05) is 0 Å². The average molecular weight is 437 g/mol. The van der Waals surface area contributed by atoms with Crippen LogP contribution in [0.4, 0.5) is 4.39 Å². The molecule has 0 amide bonds. The lowest BCUT2D eigenvalue weighted by Gasteiger charge is -2.28. The van der Waals surface area contributed by atoms with E-state index in [2.05, 4.69) is 10.2 Å². The number of benzene rings is 2. The largest absolute Gasteiger partial charge is 0.512 e. The maximum absolute atomic E-state index is 13.5. The van der Waals surface area contributed by atoms with Gasteiger partial charge in [-0.25, -0.2) is 4.39 Å². The van der Waals surface area contributed by atoms with Gasteiger partial charge in [-0.3, -0.25) is 4.79 Å². The van der Waals surface area contributed by atoms with Gasteiger partial charge in [0.1, 0.15) is 21.6 Å². The quantitative estimate of drug-likeness (QED) is 0.520. The van der Waals surface area contributed by atoms with E-state index in [-0.39, 0.29) is 29.2 Å². The van der Waals surface area contributed by atoms with Crippen LogP contribution in [-0.4, -0.2) is 21.1 Å². The van der Waals surface area contributed by atoms with Crippen LogP contribution < -0.4 is 0 Å². The van der Waals surface area contributed by atoms with E-state index in [9.17, 15) is 14.3 Å². The summed E-state index contributed by atoms with van der Waals surface area (Å²) in [4.78, 5) is 13.1. The first-order valence-corrected chi connectivity index (χ1v) is 11.2. The highest BCUT2D eigenvalue weighted by molar-refractivity contribution is 7.14. The van der Waals surface area contributed by atoms with Crippen LogP contribution in [-0.2, 0) is 4.79 Å². The Balaban J connectivity index is 1.60. The Morgan fingerprint density at radius 3 is 2.45 bits per heavy atom. The Kier molecular flexibility index (Phi) is 5.75. The number of hydrogen-bond donors (Lipinski definition) is 1. The van der Waals surface area contributed by atoms with Crippen molar-refractivity contribution in [1.29, 1.82) is 0 Å². The number of aryl methyl sites for hydroxylation is 3. The van der Waals surface area contributed by atoms with E-state index in [1.807, 2.05) is 39.8 Å². The van der Waals surface area contributed by atoms with Crippen molar-refractivity contribution in [2.24, 2.45) is 5.92 Å². The van der Waals surface area contributed by atoms with E-state index in [1.165, 1.54) is 23.5 Å². The molecule has 0 aliphatic heterocycles. The first kappa shape index (κ1) is 21.4. The molecule has 160 valence electrons. The minimum absolute atomic E-state index is 0.0366. The first-order chi connectivity index (χ1) is 14.7. The van der Waals surface area contributed by atoms with Crippen molar-refractivity contribution in [3.63, 3.8) is 0 Å².